The number of benzene rings is 1. The predicted octanol–water partition coefficient (Wildman–Crippen LogP) is 3.84. The van der Waals surface area contributed by atoms with Gasteiger partial charge in [-0.15, -0.1) is 11.3 Å². The number of hydrogen-bond donors (Lipinski definition) is 0. The van der Waals surface area contributed by atoms with E-state index in [4.69, 9.17) is 0 Å². The Morgan fingerprint density at radius 1 is 1.15 bits per heavy atom. The van der Waals surface area contributed by atoms with Crippen molar-refractivity contribution in [2.75, 3.05) is 0 Å². The highest BCUT2D eigenvalue weighted by Crippen LogP contribution is 2.23. The molecule has 0 bridgehead atoms. The summed E-state index contributed by atoms with van der Waals surface area (Å²) < 4.78 is 3.31. The average molecular weight is 279 g/mol. The topological polar surface area (TPSA) is 30.2 Å². The van der Waals surface area contributed by atoms with E-state index in [9.17, 15) is 0 Å². The third kappa shape index (κ3) is 1.98. The van der Waals surface area contributed by atoms with Gasteiger partial charge in [-0.05, 0) is 36.8 Å². The minimum atomic E-state index is 0.856. The zero-order chi connectivity index (χ0) is 13.5. The fraction of sp³-hybridized carbons (Fsp3) is 0.125. The molecule has 0 atom stereocenters. The molecule has 0 aliphatic rings. The number of aryl methyl sites for hydroxylation is 1. The maximum absolute atomic E-state index is 4.64. The van der Waals surface area contributed by atoms with Crippen molar-refractivity contribution in [1.82, 2.24) is 14.4 Å². The highest BCUT2D eigenvalue weighted by molar-refractivity contribution is 7.18. The van der Waals surface area contributed by atoms with Gasteiger partial charge in [0.05, 0.1) is 20.9 Å². The quantitative estimate of drug-likeness (QED) is 0.558. The van der Waals surface area contributed by atoms with Crippen LogP contribution in [0.4, 0.5) is 0 Å². The Morgan fingerprint density at radius 3 is 3.00 bits per heavy atom. The molecule has 3 heterocycles. The first-order valence-corrected chi connectivity index (χ1v) is 7.38. The molecule has 1 aromatic carbocycles. The highest BCUT2D eigenvalue weighted by atomic mass is 32.1. The molecular formula is C16H13N3S. The lowest BCUT2D eigenvalue weighted by Gasteiger charge is -1.97. The Labute approximate surface area is 120 Å². The van der Waals surface area contributed by atoms with Crippen LogP contribution in [-0.2, 0) is 6.42 Å². The van der Waals surface area contributed by atoms with Crippen LogP contribution in [-0.4, -0.2) is 14.4 Å². The van der Waals surface area contributed by atoms with Crippen molar-refractivity contribution in [3.8, 4) is 0 Å². The van der Waals surface area contributed by atoms with Gasteiger partial charge in [-0.3, -0.25) is 0 Å². The van der Waals surface area contributed by atoms with Crippen LogP contribution in [0.15, 0.2) is 48.8 Å². The maximum atomic E-state index is 4.64. The van der Waals surface area contributed by atoms with Crippen molar-refractivity contribution in [3.63, 3.8) is 0 Å². The van der Waals surface area contributed by atoms with Gasteiger partial charge >= 0.3 is 0 Å². The first kappa shape index (κ1) is 11.6. The SMILES string of the molecule is Cc1nc2ccc(Cc3cn4ccccc4n3)cc2s1. The molecule has 0 spiro atoms. The molecule has 0 N–H and O–H groups in total. The van der Waals surface area contributed by atoms with Gasteiger partial charge in [0.2, 0.25) is 0 Å². The third-order valence-corrected chi connectivity index (χ3v) is 4.29. The minimum Gasteiger partial charge on any atom is -0.307 e. The average Bonchev–Trinajstić information content (AvgIpc) is 2.99. The first-order valence-electron chi connectivity index (χ1n) is 6.57. The second kappa shape index (κ2) is 4.42. The smallest absolute Gasteiger partial charge is 0.136 e. The first-order chi connectivity index (χ1) is 9.78. The molecule has 0 saturated heterocycles. The molecule has 0 unspecified atom stereocenters. The molecule has 4 rings (SSSR count). The van der Waals surface area contributed by atoms with Crippen molar-refractivity contribution in [2.24, 2.45) is 0 Å². The van der Waals surface area contributed by atoms with Crippen molar-refractivity contribution in [1.29, 1.82) is 0 Å². The molecule has 3 aromatic heterocycles. The molecule has 0 radical (unpaired) electrons. The summed E-state index contributed by atoms with van der Waals surface area (Å²) in [6, 6.07) is 12.5. The van der Waals surface area contributed by atoms with E-state index in [1.807, 2.05) is 31.3 Å². The van der Waals surface area contributed by atoms with Crippen molar-refractivity contribution < 1.29 is 0 Å². The van der Waals surface area contributed by atoms with Crippen LogP contribution in [0.3, 0.4) is 0 Å². The molecule has 0 fully saturated rings. The largest absolute Gasteiger partial charge is 0.307 e. The molecule has 4 heteroatoms. The number of nitrogens with zero attached hydrogens (tertiary/aromatic N) is 3. The van der Waals surface area contributed by atoms with Crippen LogP contribution in [0.1, 0.15) is 16.3 Å². The fourth-order valence-corrected chi connectivity index (χ4v) is 3.37. The van der Waals surface area contributed by atoms with E-state index < -0.39 is 0 Å². The Bertz CT molecular complexity index is 871. The third-order valence-electron chi connectivity index (χ3n) is 3.36. The number of hydrogen-bond acceptors (Lipinski definition) is 3. The van der Waals surface area contributed by atoms with E-state index in [0.717, 1.165) is 28.3 Å². The van der Waals surface area contributed by atoms with Crippen LogP contribution in [0.2, 0.25) is 0 Å². The normalized spacial score (nSPS) is 11.4. The predicted molar refractivity (Wildman–Crippen MR) is 82.4 cm³/mol. The maximum Gasteiger partial charge on any atom is 0.136 e. The van der Waals surface area contributed by atoms with E-state index in [1.165, 1.54) is 10.3 Å². The second-order valence-electron chi connectivity index (χ2n) is 4.91. The number of rotatable bonds is 2. The number of thiazole rings is 1. The lowest BCUT2D eigenvalue weighted by atomic mass is 10.1. The van der Waals surface area contributed by atoms with Crippen LogP contribution in [0, 0.1) is 6.92 Å². The van der Waals surface area contributed by atoms with Gasteiger partial charge in [0.1, 0.15) is 5.65 Å². The summed E-state index contributed by atoms with van der Waals surface area (Å²) in [7, 11) is 0. The van der Waals surface area contributed by atoms with Crippen molar-refractivity contribution >= 4 is 27.2 Å². The second-order valence-corrected chi connectivity index (χ2v) is 6.14. The van der Waals surface area contributed by atoms with E-state index in [-0.39, 0.29) is 0 Å². The van der Waals surface area contributed by atoms with Crippen molar-refractivity contribution in [3.05, 3.63) is 65.1 Å². The molecule has 20 heavy (non-hydrogen) atoms. The van der Waals surface area contributed by atoms with Gasteiger partial charge in [-0.2, -0.15) is 0 Å². The Morgan fingerprint density at radius 2 is 2.10 bits per heavy atom. The molecule has 0 aliphatic heterocycles. The molecule has 0 amide bonds. The monoisotopic (exact) mass is 279 g/mol. The molecule has 0 aliphatic carbocycles. The number of imidazole rings is 1. The standard InChI is InChI=1S/C16H13N3S/c1-11-17-14-6-5-12(9-15(14)20-11)8-13-10-19-7-3-2-4-16(19)18-13/h2-7,9-10H,8H2,1H3. The van der Waals surface area contributed by atoms with Gasteiger partial charge in [0, 0.05) is 18.8 Å². The molecule has 98 valence electrons. The summed E-state index contributed by atoms with van der Waals surface area (Å²) in [4.78, 5) is 9.14. The number of fused-ring (bicyclic) bond motifs is 2. The van der Waals surface area contributed by atoms with Crippen LogP contribution < -0.4 is 0 Å². The zero-order valence-electron chi connectivity index (χ0n) is 11.1. The lowest BCUT2D eigenvalue weighted by molar-refractivity contribution is 1.12. The zero-order valence-corrected chi connectivity index (χ0v) is 11.9. The van der Waals surface area contributed by atoms with E-state index in [0.29, 0.717) is 0 Å². The van der Waals surface area contributed by atoms with E-state index in [1.54, 1.807) is 11.3 Å². The number of aromatic nitrogens is 3. The summed E-state index contributed by atoms with van der Waals surface area (Å²) in [5.41, 5.74) is 4.46. The van der Waals surface area contributed by atoms with Gasteiger partial charge in [-0.1, -0.05) is 12.1 Å². The van der Waals surface area contributed by atoms with Crippen molar-refractivity contribution in [2.45, 2.75) is 13.3 Å². The van der Waals surface area contributed by atoms with Gasteiger partial charge in [0.15, 0.2) is 0 Å². The van der Waals surface area contributed by atoms with Crippen LogP contribution in [0.5, 0.6) is 0 Å². The van der Waals surface area contributed by atoms with Gasteiger partial charge in [-0.25, -0.2) is 9.97 Å². The van der Waals surface area contributed by atoms with Crippen LogP contribution >= 0.6 is 11.3 Å². The highest BCUT2D eigenvalue weighted by Gasteiger charge is 2.05. The van der Waals surface area contributed by atoms with Gasteiger partial charge < -0.3 is 4.40 Å². The minimum absolute atomic E-state index is 0.856. The van der Waals surface area contributed by atoms with E-state index in [2.05, 4.69) is 38.8 Å². The summed E-state index contributed by atoms with van der Waals surface area (Å²) in [5.74, 6) is 0. The van der Waals surface area contributed by atoms with E-state index >= 15 is 0 Å². The summed E-state index contributed by atoms with van der Waals surface area (Å²) in [6.07, 6.45) is 4.98. The summed E-state index contributed by atoms with van der Waals surface area (Å²) >= 11 is 1.75. The fourth-order valence-electron chi connectivity index (χ4n) is 2.48. The Hall–Kier alpha value is -2.20. The number of pyridine rings is 1. The Kier molecular flexibility index (Phi) is 2.57. The lowest BCUT2D eigenvalue weighted by Crippen LogP contribution is -1.87. The summed E-state index contributed by atoms with van der Waals surface area (Å²) in [5, 5.41) is 1.12. The van der Waals surface area contributed by atoms with Gasteiger partial charge in [0.25, 0.3) is 0 Å². The molecule has 0 saturated carbocycles. The van der Waals surface area contributed by atoms with Crippen LogP contribution in [0.25, 0.3) is 15.9 Å². The molecule has 4 aromatic rings. The molecule has 3 nitrogen and oxygen atoms in total. The summed E-state index contributed by atoms with van der Waals surface area (Å²) in [6.45, 7) is 2.05. The molecular weight excluding hydrogens is 266 g/mol. The Balaban J connectivity index is 1.72.